The Balaban J connectivity index is 1.61. The van der Waals surface area contributed by atoms with Gasteiger partial charge in [-0.15, -0.1) is 0 Å². The van der Waals surface area contributed by atoms with Crippen molar-refractivity contribution in [3.8, 4) is 0 Å². The number of piperazine rings is 1. The van der Waals surface area contributed by atoms with Gasteiger partial charge in [0, 0.05) is 63.3 Å². The maximum absolute atomic E-state index is 5.42. The van der Waals surface area contributed by atoms with Gasteiger partial charge in [-0.1, -0.05) is 0 Å². The zero-order valence-electron chi connectivity index (χ0n) is 12.2. The van der Waals surface area contributed by atoms with Crippen LogP contribution in [0.5, 0.6) is 0 Å². The van der Waals surface area contributed by atoms with Gasteiger partial charge >= 0.3 is 0 Å². The molecule has 0 unspecified atom stereocenters. The molecule has 0 radical (unpaired) electrons. The van der Waals surface area contributed by atoms with Crippen molar-refractivity contribution in [3.63, 3.8) is 0 Å². The Morgan fingerprint density at radius 2 is 2.00 bits per heavy atom. The molecule has 2 fully saturated rings. The molecule has 0 amide bonds. The zero-order chi connectivity index (χ0) is 14.1. The summed E-state index contributed by atoms with van der Waals surface area (Å²) in [5.41, 5.74) is 2.20. The number of ether oxygens (including phenoxy) is 1. The Kier molecular flexibility index (Phi) is 3.48. The van der Waals surface area contributed by atoms with Gasteiger partial charge < -0.3 is 15.0 Å². The number of anilines is 1. The summed E-state index contributed by atoms with van der Waals surface area (Å²) < 4.78 is 7.32. The van der Waals surface area contributed by atoms with Crippen LogP contribution in [0.3, 0.4) is 0 Å². The number of fused-ring (bicyclic) bond motifs is 1. The summed E-state index contributed by atoms with van der Waals surface area (Å²) in [6.45, 7) is 5.85. The van der Waals surface area contributed by atoms with E-state index in [4.69, 9.17) is 9.72 Å². The number of nitrogens with one attached hydrogen (secondary N) is 1. The molecular formula is C15H21N5O. The van der Waals surface area contributed by atoms with E-state index in [9.17, 15) is 0 Å². The molecule has 112 valence electrons. The largest absolute Gasteiger partial charge is 0.381 e. The molecule has 1 N–H and O–H groups in total. The molecule has 0 spiro atoms. The number of hydrogen-bond donors (Lipinski definition) is 1. The summed E-state index contributed by atoms with van der Waals surface area (Å²) in [6.07, 6.45) is 4.09. The highest BCUT2D eigenvalue weighted by Gasteiger charge is 2.20. The summed E-state index contributed by atoms with van der Waals surface area (Å²) in [5.74, 6) is 1.41. The van der Waals surface area contributed by atoms with Crippen molar-refractivity contribution in [1.82, 2.24) is 19.9 Å². The molecule has 0 aliphatic carbocycles. The topological polar surface area (TPSA) is 54.7 Å². The Morgan fingerprint density at radius 1 is 1.19 bits per heavy atom. The van der Waals surface area contributed by atoms with Gasteiger partial charge in [0.1, 0.15) is 0 Å². The lowest BCUT2D eigenvalue weighted by Crippen LogP contribution is -2.43. The standard InChI is InChI=1S/C15H21N5O/c1-6-20-14(11-13(1)19-7-4-16-5-8-19)17-15(18-20)12-2-9-21-10-3-12/h1,6,11-12,16H,2-5,7-10H2. The molecule has 4 heterocycles. The molecule has 6 nitrogen and oxygen atoms in total. The fraction of sp³-hybridized carbons (Fsp3) is 0.600. The third-order valence-electron chi connectivity index (χ3n) is 4.41. The molecule has 0 aromatic carbocycles. The van der Waals surface area contributed by atoms with Crippen LogP contribution in [0.4, 0.5) is 5.69 Å². The first-order valence-electron chi connectivity index (χ1n) is 7.80. The van der Waals surface area contributed by atoms with E-state index in [2.05, 4.69) is 27.4 Å². The van der Waals surface area contributed by atoms with E-state index in [1.807, 2.05) is 10.7 Å². The van der Waals surface area contributed by atoms with Crippen molar-refractivity contribution >= 4 is 11.3 Å². The number of pyridine rings is 1. The monoisotopic (exact) mass is 287 g/mol. The van der Waals surface area contributed by atoms with Gasteiger partial charge in [-0.3, -0.25) is 0 Å². The van der Waals surface area contributed by atoms with Crippen molar-refractivity contribution in [3.05, 3.63) is 24.2 Å². The van der Waals surface area contributed by atoms with Gasteiger partial charge in [0.15, 0.2) is 11.5 Å². The van der Waals surface area contributed by atoms with E-state index in [1.165, 1.54) is 5.69 Å². The second-order valence-corrected chi connectivity index (χ2v) is 5.78. The number of hydrogen-bond acceptors (Lipinski definition) is 5. The Hall–Kier alpha value is -1.66. The highest BCUT2D eigenvalue weighted by atomic mass is 16.5. The van der Waals surface area contributed by atoms with Crippen molar-refractivity contribution in [2.24, 2.45) is 0 Å². The average Bonchev–Trinajstić information content (AvgIpc) is 2.99. The number of nitrogens with zero attached hydrogens (tertiary/aromatic N) is 4. The summed E-state index contributed by atoms with van der Waals surface area (Å²) in [5, 5.41) is 8.02. The van der Waals surface area contributed by atoms with Gasteiger partial charge in [0.25, 0.3) is 0 Å². The highest BCUT2D eigenvalue weighted by Crippen LogP contribution is 2.25. The van der Waals surface area contributed by atoms with Crippen LogP contribution in [0.1, 0.15) is 24.6 Å². The van der Waals surface area contributed by atoms with E-state index >= 15 is 0 Å². The van der Waals surface area contributed by atoms with Crippen LogP contribution in [0.15, 0.2) is 18.3 Å². The predicted octanol–water partition coefficient (Wildman–Crippen LogP) is 1.03. The lowest BCUT2D eigenvalue weighted by Gasteiger charge is -2.29. The van der Waals surface area contributed by atoms with Gasteiger partial charge in [-0.25, -0.2) is 9.50 Å². The number of rotatable bonds is 2. The summed E-state index contributed by atoms with van der Waals surface area (Å²) >= 11 is 0. The second kappa shape index (κ2) is 5.61. The van der Waals surface area contributed by atoms with Crippen molar-refractivity contribution in [1.29, 1.82) is 0 Å². The molecule has 2 aromatic rings. The first-order valence-corrected chi connectivity index (χ1v) is 7.80. The van der Waals surface area contributed by atoms with Crippen LogP contribution >= 0.6 is 0 Å². The smallest absolute Gasteiger partial charge is 0.157 e. The SMILES string of the molecule is c1cn2nc(C3CCOCC3)nc2cc1N1CCNCC1. The minimum absolute atomic E-state index is 0.446. The van der Waals surface area contributed by atoms with Crippen LogP contribution in [-0.2, 0) is 4.74 Å². The molecule has 0 saturated carbocycles. The number of aromatic nitrogens is 3. The van der Waals surface area contributed by atoms with E-state index in [0.29, 0.717) is 5.92 Å². The maximum Gasteiger partial charge on any atom is 0.157 e. The molecule has 0 bridgehead atoms. The molecule has 4 rings (SSSR count). The third kappa shape index (κ3) is 2.61. The van der Waals surface area contributed by atoms with Crippen molar-refractivity contribution in [2.45, 2.75) is 18.8 Å². The lowest BCUT2D eigenvalue weighted by molar-refractivity contribution is 0.0836. The molecule has 0 atom stereocenters. The minimum atomic E-state index is 0.446. The first kappa shape index (κ1) is 13.0. The van der Waals surface area contributed by atoms with Crippen LogP contribution in [0.25, 0.3) is 5.65 Å². The van der Waals surface area contributed by atoms with E-state index in [-0.39, 0.29) is 0 Å². The lowest BCUT2D eigenvalue weighted by atomic mass is 10.00. The van der Waals surface area contributed by atoms with E-state index < -0.39 is 0 Å². The van der Waals surface area contributed by atoms with Crippen molar-refractivity contribution in [2.75, 3.05) is 44.3 Å². The van der Waals surface area contributed by atoms with Gasteiger partial charge in [-0.05, 0) is 18.9 Å². The molecule has 2 aliphatic heterocycles. The zero-order valence-corrected chi connectivity index (χ0v) is 12.2. The molecule has 2 aromatic heterocycles. The molecule has 2 saturated heterocycles. The molecule has 21 heavy (non-hydrogen) atoms. The quantitative estimate of drug-likeness (QED) is 0.894. The molecule has 2 aliphatic rings. The second-order valence-electron chi connectivity index (χ2n) is 5.78. The fourth-order valence-corrected chi connectivity index (χ4v) is 3.14. The minimum Gasteiger partial charge on any atom is -0.381 e. The van der Waals surface area contributed by atoms with Crippen LogP contribution in [-0.4, -0.2) is 54.0 Å². The van der Waals surface area contributed by atoms with Gasteiger partial charge in [0.2, 0.25) is 0 Å². The van der Waals surface area contributed by atoms with Crippen LogP contribution < -0.4 is 10.2 Å². The summed E-state index contributed by atoms with van der Waals surface area (Å²) in [7, 11) is 0. The van der Waals surface area contributed by atoms with E-state index in [0.717, 1.165) is 63.7 Å². The normalized spacial score (nSPS) is 21.0. The Labute approximate surface area is 124 Å². The van der Waals surface area contributed by atoms with Crippen LogP contribution in [0.2, 0.25) is 0 Å². The molecular weight excluding hydrogens is 266 g/mol. The first-order chi connectivity index (χ1) is 10.4. The maximum atomic E-state index is 5.42. The van der Waals surface area contributed by atoms with Crippen LogP contribution in [0, 0.1) is 0 Å². The highest BCUT2D eigenvalue weighted by molar-refractivity contribution is 5.56. The predicted molar refractivity (Wildman–Crippen MR) is 80.9 cm³/mol. The van der Waals surface area contributed by atoms with Gasteiger partial charge in [0.05, 0.1) is 0 Å². The molecule has 6 heteroatoms. The van der Waals surface area contributed by atoms with Gasteiger partial charge in [-0.2, -0.15) is 5.10 Å². The fourth-order valence-electron chi connectivity index (χ4n) is 3.14. The average molecular weight is 287 g/mol. The Bertz CT molecular complexity index is 598. The van der Waals surface area contributed by atoms with Crippen molar-refractivity contribution < 1.29 is 4.74 Å². The van der Waals surface area contributed by atoms with E-state index in [1.54, 1.807) is 0 Å². The summed E-state index contributed by atoms with van der Waals surface area (Å²) in [6, 6.07) is 4.29. The Morgan fingerprint density at radius 3 is 2.81 bits per heavy atom. The summed E-state index contributed by atoms with van der Waals surface area (Å²) in [4.78, 5) is 7.15. The third-order valence-corrected chi connectivity index (χ3v) is 4.41.